The van der Waals surface area contributed by atoms with Gasteiger partial charge in [0.25, 0.3) is 0 Å². The average molecular weight is 799 g/mol. The first kappa shape index (κ1) is 36.5. The Kier molecular flexibility index (Phi) is 9.33. The minimum atomic E-state index is 0.576. The first-order chi connectivity index (χ1) is 30.7. The molecular formula is C54H34N6O2. The number of hydrogen-bond acceptors (Lipinski definition) is 8. The van der Waals surface area contributed by atoms with Crippen molar-refractivity contribution in [1.82, 2.24) is 29.9 Å². The van der Waals surface area contributed by atoms with E-state index in [2.05, 4.69) is 70.6 Å². The zero-order chi connectivity index (χ0) is 41.2. The Bertz CT molecular complexity index is 3190. The van der Waals surface area contributed by atoms with Gasteiger partial charge in [0.15, 0.2) is 28.8 Å². The van der Waals surface area contributed by atoms with Crippen LogP contribution in [0.1, 0.15) is 0 Å². The predicted molar refractivity (Wildman–Crippen MR) is 243 cm³/mol. The van der Waals surface area contributed by atoms with E-state index in [4.69, 9.17) is 29.4 Å². The molecule has 0 atom stereocenters. The van der Waals surface area contributed by atoms with Gasteiger partial charge in [-0.2, -0.15) is 0 Å². The van der Waals surface area contributed by atoms with Gasteiger partial charge in [-0.3, -0.25) is 19.9 Å². The summed E-state index contributed by atoms with van der Waals surface area (Å²) in [6, 6.07) is 60.6. The summed E-state index contributed by atoms with van der Waals surface area (Å²) in [6.45, 7) is 0. The highest BCUT2D eigenvalue weighted by Crippen LogP contribution is 2.50. The number of hydrogen-bond donors (Lipinski definition) is 0. The van der Waals surface area contributed by atoms with Gasteiger partial charge in [0.2, 0.25) is 0 Å². The molecule has 0 unspecified atom stereocenters. The van der Waals surface area contributed by atoms with Gasteiger partial charge in [0, 0.05) is 52.6 Å². The first-order valence-electron chi connectivity index (χ1n) is 20.2. The molecule has 11 rings (SSSR count). The Labute approximate surface area is 357 Å². The van der Waals surface area contributed by atoms with Crippen LogP contribution in [-0.2, 0) is 0 Å². The predicted octanol–water partition coefficient (Wildman–Crippen LogP) is 13.3. The van der Waals surface area contributed by atoms with Crippen LogP contribution in [0.3, 0.4) is 0 Å². The molecule has 5 aromatic carbocycles. The van der Waals surface area contributed by atoms with E-state index in [0.29, 0.717) is 28.8 Å². The number of fused-ring (bicyclic) bond motifs is 2. The minimum absolute atomic E-state index is 0.576. The molecule has 5 aromatic heterocycles. The number of rotatable bonds is 8. The van der Waals surface area contributed by atoms with Crippen molar-refractivity contribution in [2.75, 3.05) is 0 Å². The van der Waals surface area contributed by atoms with E-state index in [9.17, 15) is 0 Å². The van der Waals surface area contributed by atoms with Crippen LogP contribution in [0.15, 0.2) is 207 Å². The summed E-state index contributed by atoms with van der Waals surface area (Å²) in [5, 5.41) is 0. The van der Waals surface area contributed by atoms with Crippen molar-refractivity contribution in [3.8, 4) is 113 Å². The molecule has 0 fully saturated rings. The summed E-state index contributed by atoms with van der Waals surface area (Å²) in [5.41, 5.74) is 13.5. The maximum atomic E-state index is 6.72. The maximum Gasteiger partial charge on any atom is 0.170 e. The van der Waals surface area contributed by atoms with Crippen molar-refractivity contribution < 1.29 is 9.47 Å². The van der Waals surface area contributed by atoms with E-state index < -0.39 is 0 Å². The largest absolute Gasteiger partial charge is 0.449 e. The van der Waals surface area contributed by atoms with Crippen LogP contribution in [-0.4, -0.2) is 29.9 Å². The zero-order valence-electron chi connectivity index (χ0n) is 33.1. The van der Waals surface area contributed by atoms with E-state index in [1.54, 1.807) is 12.4 Å². The third-order valence-electron chi connectivity index (χ3n) is 10.8. The van der Waals surface area contributed by atoms with Crippen molar-refractivity contribution >= 4 is 0 Å². The molecule has 0 saturated carbocycles. The maximum absolute atomic E-state index is 6.72. The van der Waals surface area contributed by atoms with Crippen LogP contribution in [0, 0.1) is 0 Å². The Balaban J connectivity index is 0.967. The molecule has 1 aliphatic heterocycles. The molecule has 10 aromatic rings. The molecule has 62 heavy (non-hydrogen) atoms. The van der Waals surface area contributed by atoms with E-state index >= 15 is 0 Å². The van der Waals surface area contributed by atoms with Crippen molar-refractivity contribution in [2.24, 2.45) is 0 Å². The number of aromatic nitrogens is 6. The summed E-state index contributed by atoms with van der Waals surface area (Å²) in [5.74, 6) is 2.97. The Morgan fingerprint density at radius 1 is 0.274 bits per heavy atom. The summed E-state index contributed by atoms with van der Waals surface area (Å²) in [6.07, 6.45) is 7.27. The lowest BCUT2D eigenvalue weighted by atomic mass is 9.94. The highest BCUT2D eigenvalue weighted by molar-refractivity contribution is 5.87. The molecule has 8 heteroatoms. The molecule has 8 nitrogen and oxygen atoms in total. The normalized spacial score (nSPS) is 11.5. The topological polar surface area (TPSA) is 95.8 Å². The highest BCUT2D eigenvalue weighted by atomic mass is 16.6. The van der Waals surface area contributed by atoms with Crippen molar-refractivity contribution in [3.63, 3.8) is 0 Å². The number of nitrogens with zero attached hydrogens (tertiary/aromatic N) is 6. The van der Waals surface area contributed by atoms with Crippen LogP contribution >= 0.6 is 0 Å². The average Bonchev–Trinajstić information content (AvgIpc) is 3.36. The smallest absolute Gasteiger partial charge is 0.170 e. The molecule has 292 valence electrons. The van der Waals surface area contributed by atoms with Crippen LogP contribution in [0.4, 0.5) is 0 Å². The molecule has 0 N–H and O–H groups in total. The van der Waals surface area contributed by atoms with Gasteiger partial charge in [-0.25, -0.2) is 9.97 Å². The van der Waals surface area contributed by atoms with Gasteiger partial charge >= 0.3 is 0 Å². The Morgan fingerprint density at radius 2 is 0.726 bits per heavy atom. The second-order valence-electron chi connectivity index (χ2n) is 14.8. The van der Waals surface area contributed by atoms with Gasteiger partial charge in [-0.05, 0) is 95.1 Å². The third-order valence-corrected chi connectivity index (χ3v) is 10.8. The molecule has 0 aliphatic carbocycles. The fourth-order valence-corrected chi connectivity index (χ4v) is 7.63. The lowest BCUT2D eigenvalue weighted by Gasteiger charge is -2.23. The van der Waals surface area contributed by atoms with E-state index in [1.165, 1.54) is 0 Å². The van der Waals surface area contributed by atoms with Crippen molar-refractivity contribution in [1.29, 1.82) is 0 Å². The second kappa shape index (κ2) is 15.9. The van der Waals surface area contributed by atoms with Crippen LogP contribution in [0.5, 0.6) is 23.0 Å². The van der Waals surface area contributed by atoms with E-state index in [-0.39, 0.29) is 0 Å². The van der Waals surface area contributed by atoms with Gasteiger partial charge in [-0.1, -0.05) is 109 Å². The first-order valence-corrected chi connectivity index (χ1v) is 20.2. The van der Waals surface area contributed by atoms with Gasteiger partial charge in [0.1, 0.15) is 0 Å². The zero-order valence-corrected chi connectivity index (χ0v) is 33.1. The molecule has 0 bridgehead atoms. The lowest BCUT2D eigenvalue weighted by molar-refractivity contribution is 0.360. The SMILES string of the molecule is c1ccc(-c2ccc(-c3cc(-c4ccc5c(c4)Oc4cc(-c6ccc(-c7ccccn7)nc6)c(-c6ccc(-c7ccccn7)nc6)cc4O5)nc(-c4ccccc4)n3)cc2)cc1. The molecule has 0 radical (unpaired) electrons. The summed E-state index contributed by atoms with van der Waals surface area (Å²) < 4.78 is 13.3. The van der Waals surface area contributed by atoms with Crippen molar-refractivity contribution in [3.05, 3.63) is 207 Å². The molecule has 6 heterocycles. The minimum Gasteiger partial charge on any atom is -0.449 e. The summed E-state index contributed by atoms with van der Waals surface area (Å²) >= 11 is 0. The molecule has 0 saturated heterocycles. The van der Waals surface area contributed by atoms with Crippen molar-refractivity contribution in [2.45, 2.75) is 0 Å². The quantitative estimate of drug-likeness (QED) is 0.150. The fraction of sp³-hybridized carbons (Fsp3) is 0. The Morgan fingerprint density at radius 3 is 1.27 bits per heavy atom. The van der Waals surface area contributed by atoms with Gasteiger partial charge in [-0.15, -0.1) is 0 Å². The molecular weight excluding hydrogens is 765 g/mol. The molecule has 0 spiro atoms. The monoisotopic (exact) mass is 798 g/mol. The molecule has 1 aliphatic rings. The number of pyridine rings is 4. The van der Waals surface area contributed by atoms with Crippen LogP contribution < -0.4 is 9.47 Å². The number of benzene rings is 5. The van der Waals surface area contributed by atoms with Crippen LogP contribution in [0.25, 0.3) is 90.1 Å². The molecule has 0 amide bonds. The lowest BCUT2D eigenvalue weighted by Crippen LogP contribution is -2.02. The van der Waals surface area contributed by atoms with E-state index in [0.717, 1.165) is 84.2 Å². The van der Waals surface area contributed by atoms with E-state index in [1.807, 2.05) is 134 Å². The third kappa shape index (κ3) is 7.22. The van der Waals surface area contributed by atoms with Gasteiger partial charge in [0.05, 0.1) is 34.2 Å². The summed E-state index contributed by atoms with van der Waals surface area (Å²) in [7, 11) is 0. The van der Waals surface area contributed by atoms with Crippen LogP contribution in [0.2, 0.25) is 0 Å². The summed E-state index contributed by atoms with van der Waals surface area (Å²) in [4.78, 5) is 28.7. The highest BCUT2D eigenvalue weighted by Gasteiger charge is 2.24. The second-order valence-corrected chi connectivity index (χ2v) is 14.8. The standard InChI is InChI=1S/C54H34N6O2/c1-3-11-35(12-4-1)36-17-19-37(20-18-36)48-32-49(60-54(59-48)38-13-5-2-6-14-38)39-23-26-50-51(29-39)62-53-31-43(41-22-25-47(58-34-41)45-16-8-10-28-56-45)42(30-52(53)61-50)40-21-24-46(57-33-40)44-15-7-9-27-55-44/h1-34H. The fourth-order valence-electron chi connectivity index (χ4n) is 7.63. The Hall–Kier alpha value is -8.62. The number of ether oxygens (including phenoxy) is 2. The van der Waals surface area contributed by atoms with Gasteiger partial charge < -0.3 is 9.47 Å².